The maximum Gasteiger partial charge on any atom is 0.267 e. The zero-order valence-electron chi connectivity index (χ0n) is 18.1. The highest BCUT2D eigenvalue weighted by atomic mass is 16.5. The summed E-state index contributed by atoms with van der Waals surface area (Å²) in [5.74, 6) is -1.27. The van der Waals surface area contributed by atoms with Crippen LogP contribution in [0.3, 0.4) is 0 Å². The second kappa shape index (κ2) is 12.7. The van der Waals surface area contributed by atoms with E-state index >= 15 is 0 Å². The van der Waals surface area contributed by atoms with Gasteiger partial charge in [-0.15, -0.1) is 0 Å². The van der Waals surface area contributed by atoms with Crippen LogP contribution in [0.4, 0.5) is 0 Å². The van der Waals surface area contributed by atoms with Crippen LogP contribution in [0.25, 0.3) is 6.08 Å². The summed E-state index contributed by atoms with van der Waals surface area (Å²) in [7, 11) is 1.58. The van der Waals surface area contributed by atoms with Gasteiger partial charge in [0.2, 0.25) is 11.8 Å². The summed E-state index contributed by atoms with van der Waals surface area (Å²) in [6.45, 7) is 2.18. The highest BCUT2D eigenvalue weighted by molar-refractivity contribution is 5.93. The van der Waals surface area contributed by atoms with Crippen LogP contribution in [0.2, 0.25) is 0 Å². The van der Waals surface area contributed by atoms with E-state index in [0.29, 0.717) is 17.7 Å². The third-order valence-electron chi connectivity index (χ3n) is 4.62. The van der Waals surface area contributed by atoms with Crippen molar-refractivity contribution < 1.29 is 19.6 Å². The van der Waals surface area contributed by atoms with E-state index in [1.54, 1.807) is 49.5 Å². The number of carbonyl (C=O) groups is 3. The van der Waals surface area contributed by atoms with Crippen molar-refractivity contribution in [3.63, 3.8) is 0 Å². The summed E-state index contributed by atoms with van der Waals surface area (Å²) >= 11 is 0. The highest BCUT2D eigenvalue weighted by Gasteiger charge is 2.27. The zero-order chi connectivity index (χ0) is 23.3. The molecule has 0 radical (unpaired) electrons. The van der Waals surface area contributed by atoms with Crippen molar-refractivity contribution in [2.75, 3.05) is 7.05 Å². The smallest absolute Gasteiger partial charge is 0.267 e. The molecule has 0 bridgehead atoms. The molecule has 1 unspecified atom stereocenters. The molecular formula is C25H27N3O4. The number of hydrogen-bond acceptors (Lipinski definition) is 4. The molecule has 166 valence electrons. The highest BCUT2D eigenvalue weighted by Crippen LogP contribution is 2.22. The van der Waals surface area contributed by atoms with Gasteiger partial charge in [-0.2, -0.15) is 0 Å². The number of allylic oxidation sites excluding steroid dienone is 3. The van der Waals surface area contributed by atoms with Crippen molar-refractivity contribution in [1.82, 2.24) is 15.7 Å². The summed E-state index contributed by atoms with van der Waals surface area (Å²) in [6, 6.07) is 15.6. The van der Waals surface area contributed by atoms with Gasteiger partial charge >= 0.3 is 0 Å². The lowest BCUT2D eigenvalue weighted by atomic mass is 10.0. The first kappa shape index (κ1) is 24.3. The molecule has 3 N–H and O–H groups in total. The van der Waals surface area contributed by atoms with E-state index in [1.807, 2.05) is 37.3 Å². The fraction of sp³-hybridized carbons (Fsp3) is 0.160. The normalized spacial score (nSPS) is 12.2. The Kier molecular flexibility index (Phi) is 9.62. The largest absolute Gasteiger partial charge is 0.350 e. The van der Waals surface area contributed by atoms with Gasteiger partial charge in [-0.1, -0.05) is 72.8 Å². The van der Waals surface area contributed by atoms with Crippen LogP contribution in [-0.4, -0.2) is 34.9 Å². The van der Waals surface area contributed by atoms with E-state index in [-0.39, 0.29) is 11.8 Å². The molecule has 2 aromatic carbocycles. The van der Waals surface area contributed by atoms with Gasteiger partial charge < -0.3 is 10.2 Å². The van der Waals surface area contributed by atoms with Gasteiger partial charge in [0.25, 0.3) is 5.91 Å². The molecule has 0 heterocycles. The molecule has 7 heteroatoms. The standard InChI is InChI=1S/C25H27N3O4/c1-3-4-6-11-23(30)28(2)24(25(31)26-18-20-9-7-5-8-10-20)21-15-12-19(13-16-21)14-17-22(29)27-32/h3-17,24,32H,18H2,1-2H3,(H,26,31)(H,27,29). The van der Waals surface area contributed by atoms with Crippen molar-refractivity contribution in [1.29, 1.82) is 0 Å². The van der Waals surface area contributed by atoms with Crippen molar-refractivity contribution in [2.45, 2.75) is 19.5 Å². The molecule has 0 saturated heterocycles. The van der Waals surface area contributed by atoms with Gasteiger partial charge in [0.05, 0.1) is 0 Å². The summed E-state index contributed by atoms with van der Waals surface area (Å²) in [6.07, 6.45) is 9.27. The van der Waals surface area contributed by atoms with Crippen LogP contribution in [-0.2, 0) is 20.9 Å². The number of benzene rings is 2. The molecule has 0 spiro atoms. The summed E-state index contributed by atoms with van der Waals surface area (Å²) in [5.41, 5.74) is 3.79. The van der Waals surface area contributed by atoms with Gasteiger partial charge in [0.15, 0.2) is 0 Å². The average molecular weight is 434 g/mol. The van der Waals surface area contributed by atoms with E-state index in [1.165, 1.54) is 28.6 Å². The molecule has 0 aliphatic carbocycles. The Morgan fingerprint density at radius 2 is 1.69 bits per heavy atom. The first-order chi connectivity index (χ1) is 15.5. The Morgan fingerprint density at radius 3 is 2.31 bits per heavy atom. The molecule has 0 fully saturated rings. The molecule has 2 aromatic rings. The molecule has 2 rings (SSSR count). The molecule has 3 amide bonds. The maximum absolute atomic E-state index is 13.1. The number of amides is 3. The van der Waals surface area contributed by atoms with Crippen LogP contribution in [0, 0.1) is 0 Å². The molecule has 0 aromatic heterocycles. The SMILES string of the molecule is CC=CC=CC(=O)N(C)C(C(=O)NCc1ccccc1)c1ccc(C=CC(=O)NO)cc1. The van der Waals surface area contributed by atoms with Gasteiger partial charge in [-0.3, -0.25) is 19.6 Å². The lowest BCUT2D eigenvalue weighted by Gasteiger charge is -2.27. The molecule has 0 aliphatic heterocycles. The first-order valence-corrected chi connectivity index (χ1v) is 10.1. The molecule has 7 nitrogen and oxygen atoms in total. The van der Waals surface area contributed by atoms with E-state index in [9.17, 15) is 14.4 Å². The Labute approximate surface area is 187 Å². The van der Waals surface area contributed by atoms with E-state index < -0.39 is 11.9 Å². The van der Waals surface area contributed by atoms with Crippen molar-refractivity contribution in [3.05, 3.63) is 102 Å². The third kappa shape index (κ3) is 7.37. The number of hydrogen-bond donors (Lipinski definition) is 3. The lowest BCUT2D eigenvalue weighted by Crippen LogP contribution is -2.40. The Hall–Kier alpha value is -3.97. The predicted molar refractivity (Wildman–Crippen MR) is 123 cm³/mol. The van der Waals surface area contributed by atoms with E-state index in [0.717, 1.165) is 5.56 Å². The fourth-order valence-electron chi connectivity index (χ4n) is 2.92. The maximum atomic E-state index is 13.1. The predicted octanol–water partition coefficient (Wildman–Crippen LogP) is 3.15. The summed E-state index contributed by atoms with van der Waals surface area (Å²) in [4.78, 5) is 38.3. The van der Waals surface area contributed by atoms with Crippen LogP contribution >= 0.6 is 0 Å². The van der Waals surface area contributed by atoms with Gasteiger partial charge in [0.1, 0.15) is 6.04 Å². The molecule has 32 heavy (non-hydrogen) atoms. The van der Waals surface area contributed by atoms with Crippen LogP contribution in [0.1, 0.15) is 29.7 Å². The second-order valence-electron chi connectivity index (χ2n) is 6.92. The van der Waals surface area contributed by atoms with E-state index in [4.69, 9.17) is 5.21 Å². The minimum atomic E-state index is -0.847. The average Bonchev–Trinajstić information content (AvgIpc) is 2.82. The number of nitrogens with one attached hydrogen (secondary N) is 2. The quantitative estimate of drug-likeness (QED) is 0.245. The number of likely N-dealkylation sites (N-methyl/N-ethyl adjacent to an activating group) is 1. The summed E-state index contributed by atoms with van der Waals surface area (Å²) in [5, 5.41) is 11.5. The molecular weight excluding hydrogens is 406 g/mol. The number of hydroxylamine groups is 1. The Morgan fingerprint density at radius 1 is 1.00 bits per heavy atom. The Bertz CT molecular complexity index is 996. The fourth-order valence-corrected chi connectivity index (χ4v) is 2.92. The van der Waals surface area contributed by atoms with Crippen LogP contribution in [0.15, 0.2) is 85.0 Å². The minimum Gasteiger partial charge on any atom is -0.350 e. The first-order valence-electron chi connectivity index (χ1n) is 10.1. The molecule has 0 saturated carbocycles. The zero-order valence-corrected chi connectivity index (χ0v) is 18.1. The third-order valence-corrected chi connectivity index (χ3v) is 4.62. The minimum absolute atomic E-state index is 0.313. The number of rotatable bonds is 9. The Balaban J connectivity index is 2.26. The molecule has 0 aliphatic rings. The monoisotopic (exact) mass is 433 g/mol. The second-order valence-corrected chi connectivity index (χ2v) is 6.92. The van der Waals surface area contributed by atoms with Crippen molar-refractivity contribution in [3.8, 4) is 0 Å². The van der Waals surface area contributed by atoms with Gasteiger partial charge in [-0.25, -0.2) is 5.48 Å². The van der Waals surface area contributed by atoms with E-state index in [2.05, 4.69) is 5.32 Å². The van der Waals surface area contributed by atoms with Gasteiger partial charge in [-0.05, 0) is 29.7 Å². The number of nitrogens with zero attached hydrogens (tertiary/aromatic N) is 1. The van der Waals surface area contributed by atoms with Gasteiger partial charge in [0, 0.05) is 25.7 Å². The van der Waals surface area contributed by atoms with Crippen molar-refractivity contribution >= 4 is 23.8 Å². The topological polar surface area (TPSA) is 98.7 Å². The van der Waals surface area contributed by atoms with Crippen LogP contribution < -0.4 is 10.8 Å². The molecule has 1 atom stereocenters. The van der Waals surface area contributed by atoms with Crippen molar-refractivity contribution in [2.24, 2.45) is 0 Å². The number of carbonyl (C=O) groups excluding carboxylic acids is 3. The van der Waals surface area contributed by atoms with Crippen LogP contribution in [0.5, 0.6) is 0 Å². The lowest BCUT2D eigenvalue weighted by molar-refractivity contribution is -0.136. The summed E-state index contributed by atoms with van der Waals surface area (Å²) < 4.78 is 0.